The van der Waals surface area contributed by atoms with E-state index in [1.165, 1.54) is 4.68 Å². The van der Waals surface area contributed by atoms with Crippen LogP contribution in [0.15, 0.2) is 29.1 Å². The van der Waals surface area contributed by atoms with Gasteiger partial charge in [-0.15, -0.1) is 5.10 Å². The number of aromatic nitrogens is 3. The van der Waals surface area contributed by atoms with Gasteiger partial charge in [-0.3, -0.25) is 9.59 Å². The molecule has 1 aliphatic rings. The van der Waals surface area contributed by atoms with Crippen LogP contribution >= 0.6 is 0 Å². The predicted octanol–water partition coefficient (Wildman–Crippen LogP) is 2.39. The number of carbonyl (C=O) groups is 1. The van der Waals surface area contributed by atoms with Crippen molar-refractivity contribution in [1.29, 1.82) is 0 Å². The smallest absolute Gasteiger partial charge is 0.277 e. The molecule has 1 aliphatic heterocycles. The van der Waals surface area contributed by atoms with Crippen LogP contribution < -0.4 is 5.56 Å². The summed E-state index contributed by atoms with van der Waals surface area (Å²) >= 11 is 0. The molecule has 1 saturated heterocycles. The molecule has 128 valence electrons. The van der Waals surface area contributed by atoms with Crippen molar-refractivity contribution in [2.45, 2.75) is 46.1 Å². The summed E-state index contributed by atoms with van der Waals surface area (Å²) in [6, 6.07) is 7.27. The highest BCUT2D eigenvalue weighted by atomic mass is 16.2. The Labute approximate surface area is 141 Å². The van der Waals surface area contributed by atoms with Crippen molar-refractivity contribution in [3.05, 3.63) is 34.6 Å². The largest absolute Gasteiger partial charge is 0.343 e. The fourth-order valence-corrected chi connectivity index (χ4v) is 3.17. The van der Waals surface area contributed by atoms with Gasteiger partial charge in [0.05, 0.1) is 11.4 Å². The second kappa shape index (κ2) is 6.34. The van der Waals surface area contributed by atoms with Gasteiger partial charge in [0.2, 0.25) is 5.91 Å². The summed E-state index contributed by atoms with van der Waals surface area (Å²) in [6.07, 6.45) is 2.03. The molecule has 0 bridgehead atoms. The molecule has 0 spiro atoms. The maximum absolute atomic E-state index is 12.6. The molecule has 0 N–H and O–H groups in total. The van der Waals surface area contributed by atoms with Crippen LogP contribution in [-0.2, 0) is 4.79 Å². The number of carbonyl (C=O) groups excluding carboxylic acids is 1. The molecule has 0 radical (unpaired) electrons. The van der Waals surface area contributed by atoms with Crippen LogP contribution in [0.1, 0.15) is 46.1 Å². The maximum Gasteiger partial charge on any atom is 0.277 e. The van der Waals surface area contributed by atoms with Crippen LogP contribution in [0.2, 0.25) is 0 Å². The number of rotatable bonds is 2. The predicted molar refractivity (Wildman–Crippen MR) is 92.7 cm³/mol. The van der Waals surface area contributed by atoms with Crippen LogP contribution in [0, 0.1) is 5.41 Å². The van der Waals surface area contributed by atoms with Crippen LogP contribution in [0.5, 0.6) is 0 Å². The van der Waals surface area contributed by atoms with Gasteiger partial charge in [-0.05, 0) is 30.4 Å². The number of amides is 1. The summed E-state index contributed by atoms with van der Waals surface area (Å²) in [5.74, 6) is 0.192. The highest BCUT2D eigenvalue weighted by Gasteiger charge is 2.27. The van der Waals surface area contributed by atoms with Crippen LogP contribution in [0.3, 0.4) is 0 Å². The number of nitrogens with zero attached hydrogens (tertiary/aromatic N) is 4. The summed E-state index contributed by atoms with van der Waals surface area (Å²) in [4.78, 5) is 26.8. The average molecular weight is 328 g/mol. The first-order valence-corrected chi connectivity index (χ1v) is 8.47. The van der Waals surface area contributed by atoms with Gasteiger partial charge in [-0.25, -0.2) is 4.68 Å². The molecule has 1 fully saturated rings. The van der Waals surface area contributed by atoms with Gasteiger partial charge >= 0.3 is 0 Å². The fourth-order valence-electron chi connectivity index (χ4n) is 3.17. The van der Waals surface area contributed by atoms with Gasteiger partial charge in [0, 0.05) is 19.5 Å². The lowest BCUT2D eigenvalue weighted by atomic mass is 9.91. The van der Waals surface area contributed by atoms with Crippen LogP contribution in [0.25, 0.3) is 10.9 Å². The molecular weight excluding hydrogens is 304 g/mol. The molecule has 0 unspecified atom stereocenters. The van der Waals surface area contributed by atoms with Gasteiger partial charge in [0.25, 0.3) is 5.56 Å². The van der Waals surface area contributed by atoms with E-state index in [-0.39, 0.29) is 22.9 Å². The van der Waals surface area contributed by atoms with Crippen molar-refractivity contribution in [3.8, 4) is 0 Å². The third kappa shape index (κ3) is 3.47. The molecule has 2 heterocycles. The lowest BCUT2D eigenvalue weighted by molar-refractivity contribution is -0.134. The Morgan fingerprint density at radius 2 is 1.88 bits per heavy atom. The molecule has 1 amide bonds. The Morgan fingerprint density at radius 3 is 2.54 bits per heavy atom. The summed E-state index contributed by atoms with van der Waals surface area (Å²) in [7, 11) is 0. The number of piperidine rings is 1. The molecule has 0 saturated carbocycles. The van der Waals surface area contributed by atoms with Crippen LogP contribution in [0.4, 0.5) is 0 Å². The minimum Gasteiger partial charge on any atom is -0.343 e. The van der Waals surface area contributed by atoms with Crippen LogP contribution in [-0.4, -0.2) is 38.9 Å². The quantitative estimate of drug-likeness (QED) is 0.849. The number of benzene rings is 1. The first kappa shape index (κ1) is 16.6. The number of hydrogen-bond donors (Lipinski definition) is 0. The number of hydrogen-bond acceptors (Lipinski definition) is 4. The van der Waals surface area contributed by atoms with Gasteiger partial charge in [-0.1, -0.05) is 38.1 Å². The standard InChI is InChI=1S/C18H24N4O2/c1-18(2,3)12-16(23)21-10-8-13(9-11-21)22-17(24)14-6-4-5-7-15(14)19-20-22/h4-7,13H,8-12H2,1-3H3. The average Bonchev–Trinajstić information content (AvgIpc) is 2.54. The van der Waals surface area contributed by atoms with E-state index in [1.54, 1.807) is 12.1 Å². The lowest BCUT2D eigenvalue weighted by Gasteiger charge is -2.33. The van der Waals surface area contributed by atoms with E-state index in [1.807, 2.05) is 17.0 Å². The summed E-state index contributed by atoms with van der Waals surface area (Å²) in [6.45, 7) is 7.55. The minimum atomic E-state index is -0.0972. The van der Waals surface area contributed by atoms with Crippen molar-refractivity contribution in [2.75, 3.05) is 13.1 Å². The zero-order valence-electron chi connectivity index (χ0n) is 14.5. The summed E-state index contributed by atoms with van der Waals surface area (Å²) < 4.78 is 1.49. The second-order valence-corrected chi connectivity index (χ2v) is 7.71. The Bertz CT molecular complexity index is 799. The van der Waals surface area contributed by atoms with E-state index in [0.717, 1.165) is 12.8 Å². The second-order valence-electron chi connectivity index (χ2n) is 7.71. The first-order chi connectivity index (χ1) is 11.3. The summed E-state index contributed by atoms with van der Waals surface area (Å²) in [5.41, 5.74) is 0.519. The zero-order valence-corrected chi connectivity index (χ0v) is 14.5. The SMILES string of the molecule is CC(C)(C)CC(=O)N1CCC(n2nnc3ccccc3c2=O)CC1. The molecule has 6 nitrogen and oxygen atoms in total. The molecule has 0 atom stereocenters. The lowest BCUT2D eigenvalue weighted by Crippen LogP contribution is -2.42. The van der Waals surface area contributed by atoms with Crippen molar-refractivity contribution in [2.24, 2.45) is 5.41 Å². The minimum absolute atomic E-state index is 0.00527. The molecule has 2 aromatic rings. The third-order valence-electron chi connectivity index (χ3n) is 4.44. The molecule has 1 aromatic heterocycles. The molecule has 1 aromatic carbocycles. The Balaban J connectivity index is 1.72. The van der Waals surface area contributed by atoms with E-state index in [2.05, 4.69) is 31.1 Å². The molecular formula is C18H24N4O2. The van der Waals surface area contributed by atoms with Gasteiger partial charge < -0.3 is 4.90 Å². The zero-order chi connectivity index (χ0) is 17.3. The van der Waals surface area contributed by atoms with E-state index in [9.17, 15) is 9.59 Å². The van der Waals surface area contributed by atoms with E-state index >= 15 is 0 Å². The van der Waals surface area contributed by atoms with Crippen molar-refractivity contribution >= 4 is 16.8 Å². The van der Waals surface area contributed by atoms with Gasteiger partial charge in [0.1, 0.15) is 5.52 Å². The fraction of sp³-hybridized carbons (Fsp3) is 0.556. The topological polar surface area (TPSA) is 68.1 Å². The molecule has 24 heavy (non-hydrogen) atoms. The van der Waals surface area contributed by atoms with Crippen molar-refractivity contribution < 1.29 is 4.79 Å². The molecule has 0 aliphatic carbocycles. The Hall–Kier alpha value is -2.24. The monoisotopic (exact) mass is 328 g/mol. The summed E-state index contributed by atoms with van der Waals surface area (Å²) in [5, 5.41) is 8.86. The molecule has 6 heteroatoms. The number of likely N-dealkylation sites (tertiary alicyclic amines) is 1. The first-order valence-electron chi connectivity index (χ1n) is 8.47. The Morgan fingerprint density at radius 1 is 1.21 bits per heavy atom. The highest BCUT2D eigenvalue weighted by molar-refractivity contribution is 5.77. The van der Waals surface area contributed by atoms with E-state index < -0.39 is 0 Å². The van der Waals surface area contributed by atoms with E-state index in [0.29, 0.717) is 30.4 Å². The molecule has 3 rings (SSSR count). The van der Waals surface area contributed by atoms with Gasteiger partial charge in [-0.2, -0.15) is 0 Å². The third-order valence-corrected chi connectivity index (χ3v) is 4.44. The van der Waals surface area contributed by atoms with Crippen molar-refractivity contribution in [3.63, 3.8) is 0 Å². The van der Waals surface area contributed by atoms with E-state index in [4.69, 9.17) is 0 Å². The highest BCUT2D eigenvalue weighted by Crippen LogP contribution is 2.24. The number of fused-ring (bicyclic) bond motifs is 1. The normalized spacial score (nSPS) is 16.5. The maximum atomic E-state index is 12.6. The Kier molecular flexibility index (Phi) is 4.39. The van der Waals surface area contributed by atoms with Gasteiger partial charge in [0.15, 0.2) is 0 Å². The van der Waals surface area contributed by atoms with Crippen molar-refractivity contribution in [1.82, 2.24) is 19.9 Å².